The summed E-state index contributed by atoms with van der Waals surface area (Å²) in [6.07, 6.45) is -3.88. The van der Waals surface area contributed by atoms with Crippen LogP contribution in [0, 0.1) is 16.7 Å². The number of aliphatic hydroxyl groups is 1. The van der Waals surface area contributed by atoms with Gasteiger partial charge in [0.25, 0.3) is 0 Å². The summed E-state index contributed by atoms with van der Waals surface area (Å²) in [5, 5.41) is 17.1. The predicted octanol–water partition coefficient (Wildman–Crippen LogP) is 6.70. The fourth-order valence-electron chi connectivity index (χ4n) is 9.72. The monoisotopic (exact) mass is 740 g/mol. The first-order valence-corrected chi connectivity index (χ1v) is 23.1. The Morgan fingerprint density at radius 2 is 1.73 bits per heavy atom. The van der Waals surface area contributed by atoms with Crippen LogP contribution in [0.1, 0.15) is 78.6 Å². The number of esters is 2. The number of azide groups is 1. The number of carbonyl (C=O) groups excluding carboxylic acids is 3. The van der Waals surface area contributed by atoms with Crippen molar-refractivity contribution in [3.8, 4) is 0 Å². The standard InChI is InChI=1S/C37H54N3O9Si2/c1-11-51(12-2,13-3)48-26-19-27-36(44,21-45-27)30-32(47-33(43)24-17-15-14-16-18-24)37(49-50(9)10)20-25(39-40-38)22(4)28(34(37,6)7)29(46-23(5)41)31(42)35(26,30)8/h14-18,25-27,29-30,32,44H,11-13,19-21H2,1-10H3/t25-,26-,27+,29+,30-,32-,35+,36-,37+/m0/s1. The number of hydrogen-bond acceptors (Lipinski definition) is 10. The van der Waals surface area contributed by atoms with Crippen LogP contribution in [-0.4, -0.2) is 88.5 Å². The predicted molar refractivity (Wildman–Crippen MR) is 195 cm³/mol. The molecule has 12 nitrogen and oxygen atoms in total. The molecule has 51 heavy (non-hydrogen) atoms. The molecule has 2 bridgehead atoms. The van der Waals surface area contributed by atoms with Crippen LogP contribution in [0.2, 0.25) is 31.2 Å². The lowest BCUT2D eigenvalue weighted by Gasteiger charge is -2.69. The first-order valence-electron chi connectivity index (χ1n) is 18.2. The molecule has 9 atom stereocenters. The molecule has 0 aromatic heterocycles. The molecule has 279 valence electrons. The largest absolute Gasteiger partial charge is 0.455 e. The van der Waals surface area contributed by atoms with Crippen molar-refractivity contribution < 1.29 is 42.6 Å². The number of ketones is 1. The molecule has 3 fully saturated rings. The third kappa shape index (κ3) is 6.14. The highest BCUT2D eigenvalue weighted by Gasteiger charge is 2.77. The zero-order valence-electron chi connectivity index (χ0n) is 31.6. The number of Topliss-reactive ketones (excluding diaryl/α,β-unsaturated/α-hetero) is 1. The molecular formula is C37H54N3O9Si2. The van der Waals surface area contributed by atoms with Crippen LogP contribution >= 0.6 is 0 Å². The minimum Gasteiger partial charge on any atom is -0.455 e. The Morgan fingerprint density at radius 3 is 2.24 bits per heavy atom. The third-order valence-electron chi connectivity index (χ3n) is 12.7. The summed E-state index contributed by atoms with van der Waals surface area (Å²) >= 11 is 0. The number of ether oxygens (including phenoxy) is 3. The SMILES string of the molecule is CC[Si](CC)(CC)O[C@H]1C[C@H]2OC[C@@]2(O)[C@H]2[C@H](OC(=O)c3ccccc3)[C@]3(O[Si](C)C)C[C@H](N=[N+]=[N-])C(C)=C([C@@H](OC(C)=O)C(=O)[C@]12C)C3(C)C. The molecular weight excluding hydrogens is 687 g/mol. The zero-order chi connectivity index (χ0) is 37.7. The first-order chi connectivity index (χ1) is 23.9. The van der Waals surface area contributed by atoms with Gasteiger partial charge in [-0.25, -0.2) is 4.79 Å². The molecule has 14 heteroatoms. The summed E-state index contributed by atoms with van der Waals surface area (Å²) < 4.78 is 33.4. The number of fused-ring (bicyclic) bond motifs is 5. The lowest BCUT2D eigenvalue weighted by molar-refractivity contribution is -0.340. The smallest absolute Gasteiger partial charge is 0.338 e. The van der Waals surface area contributed by atoms with Crippen LogP contribution in [0.5, 0.6) is 0 Å². The highest BCUT2D eigenvalue weighted by molar-refractivity contribution is 6.73. The number of rotatable bonds is 11. The molecule has 4 aliphatic rings. The molecule has 1 N–H and O–H groups in total. The summed E-state index contributed by atoms with van der Waals surface area (Å²) in [6.45, 7) is 18.8. The first kappa shape index (κ1) is 39.4. The average Bonchev–Trinajstić information content (AvgIpc) is 3.08. The maximum Gasteiger partial charge on any atom is 0.338 e. The van der Waals surface area contributed by atoms with Gasteiger partial charge in [-0.15, -0.1) is 0 Å². The van der Waals surface area contributed by atoms with Crippen molar-refractivity contribution in [2.75, 3.05) is 6.61 Å². The van der Waals surface area contributed by atoms with E-state index in [1.54, 1.807) is 44.2 Å². The molecule has 1 heterocycles. The maximum atomic E-state index is 15.8. The fourth-order valence-corrected chi connectivity index (χ4v) is 13.8. The Balaban J connectivity index is 1.93. The van der Waals surface area contributed by atoms with E-state index in [1.807, 2.05) is 26.9 Å². The normalized spacial score (nSPS) is 35.7. The number of carbonyl (C=O) groups is 3. The van der Waals surface area contributed by atoms with Gasteiger partial charge in [0.15, 0.2) is 20.2 Å². The van der Waals surface area contributed by atoms with Crippen molar-refractivity contribution >= 4 is 35.1 Å². The van der Waals surface area contributed by atoms with E-state index < -0.39 is 93.5 Å². The highest BCUT2D eigenvalue weighted by atomic mass is 28.4. The Bertz CT molecular complexity index is 1600. The molecule has 0 spiro atoms. The Kier molecular flexibility index (Phi) is 10.9. The van der Waals surface area contributed by atoms with Crippen molar-refractivity contribution in [2.45, 2.75) is 141 Å². The van der Waals surface area contributed by atoms with Crippen LogP contribution in [0.4, 0.5) is 0 Å². The number of hydrogen-bond donors (Lipinski definition) is 1. The van der Waals surface area contributed by atoms with Gasteiger partial charge in [0.05, 0.1) is 35.8 Å². The van der Waals surface area contributed by atoms with Gasteiger partial charge < -0.3 is 28.2 Å². The van der Waals surface area contributed by atoms with Gasteiger partial charge in [0.1, 0.15) is 17.3 Å². The van der Waals surface area contributed by atoms with Gasteiger partial charge in [0.2, 0.25) is 9.04 Å². The summed E-state index contributed by atoms with van der Waals surface area (Å²) in [5.41, 5.74) is 5.29. The van der Waals surface area contributed by atoms with E-state index in [2.05, 4.69) is 30.8 Å². The minimum atomic E-state index is -2.43. The fraction of sp³-hybridized carbons (Fsp3) is 0.703. The zero-order valence-corrected chi connectivity index (χ0v) is 33.6. The van der Waals surface area contributed by atoms with Crippen LogP contribution in [0.15, 0.2) is 46.6 Å². The van der Waals surface area contributed by atoms with Gasteiger partial charge in [-0.2, -0.15) is 0 Å². The highest BCUT2D eigenvalue weighted by Crippen LogP contribution is 2.65. The summed E-state index contributed by atoms with van der Waals surface area (Å²) in [5.74, 6) is -2.91. The van der Waals surface area contributed by atoms with E-state index >= 15 is 4.79 Å². The molecule has 1 aromatic carbocycles. The van der Waals surface area contributed by atoms with Crippen molar-refractivity contribution in [2.24, 2.45) is 21.9 Å². The maximum absolute atomic E-state index is 15.8. The topological polar surface area (TPSA) is 166 Å². The Hall–Kier alpha value is -2.85. The van der Waals surface area contributed by atoms with E-state index in [4.69, 9.17) is 23.1 Å². The summed E-state index contributed by atoms with van der Waals surface area (Å²) in [4.78, 5) is 46.3. The van der Waals surface area contributed by atoms with Gasteiger partial charge >= 0.3 is 11.9 Å². The lowest BCUT2D eigenvalue weighted by Crippen LogP contribution is -2.82. The average molecular weight is 741 g/mol. The summed E-state index contributed by atoms with van der Waals surface area (Å²) in [6, 6.07) is 10.1. The Morgan fingerprint density at radius 1 is 1.10 bits per heavy atom. The quantitative estimate of drug-likeness (QED) is 0.0648. The minimum absolute atomic E-state index is 0.0836. The van der Waals surface area contributed by atoms with Gasteiger partial charge in [0, 0.05) is 29.6 Å². The van der Waals surface area contributed by atoms with Crippen molar-refractivity contribution in [1.82, 2.24) is 0 Å². The van der Waals surface area contributed by atoms with Crippen LogP contribution in [-0.2, 0) is 32.7 Å². The molecule has 0 amide bonds. The number of nitrogens with zero attached hydrogens (tertiary/aromatic N) is 3. The van der Waals surface area contributed by atoms with E-state index in [9.17, 15) is 20.2 Å². The van der Waals surface area contributed by atoms with Crippen molar-refractivity contribution in [3.63, 3.8) is 0 Å². The molecule has 1 saturated heterocycles. The van der Waals surface area contributed by atoms with Gasteiger partial charge in [-0.05, 0) is 74.7 Å². The molecule has 1 aromatic rings. The second-order valence-electron chi connectivity index (χ2n) is 15.7. The van der Waals surface area contributed by atoms with E-state index in [0.29, 0.717) is 11.1 Å². The molecule has 1 radical (unpaired) electrons. The van der Waals surface area contributed by atoms with Gasteiger partial charge in [-0.3, -0.25) is 9.59 Å². The van der Waals surface area contributed by atoms with Crippen LogP contribution < -0.4 is 0 Å². The molecule has 3 aliphatic carbocycles. The van der Waals surface area contributed by atoms with Crippen molar-refractivity contribution in [3.05, 3.63) is 57.5 Å². The van der Waals surface area contributed by atoms with Gasteiger partial charge in [-0.1, -0.05) is 63.5 Å². The lowest BCUT2D eigenvalue weighted by atomic mass is 9.44. The van der Waals surface area contributed by atoms with E-state index in [0.717, 1.165) is 18.1 Å². The molecule has 0 unspecified atom stereocenters. The molecule has 2 saturated carbocycles. The molecule has 5 rings (SSSR count). The Labute approximate surface area is 304 Å². The second-order valence-corrected chi connectivity index (χ2v) is 22.5. The van der Waals surface area contributed by atoms with Crippen LogP contribution in [0.3, 0.4) is 0 Å². The second kappa shape index (κ2) is 14.2. The molecule has 1 aliphatic heterocycles. The van der Waals surface area contributed by atoms with E-state index in [1.165, 1.54) is 6.92 Å². The van der Waals surface area contributed by atoms with Crippen LogP contribution in [0.25, 0.3) is 10.4 Å². The third-order valence-corrected chi connectivity index (χ3v) is 18.2. The van der Waals surface area contributed by atoms with Crippen molar-refractivity contribution in [1.29, 1.82) is 0 Å². The van der Waals surface area contributed by atoms with E-state index in [-0.39, 0.29) is 25.0 Å². The number of benzene rings is 1. The summed E-state index contributed by atoms with van der Waals surface area (Å²) in [7, 11) is -4.09.